The minimum absolute atomic E-state index is 0.481. The van der Waals surface area contributed by atoms with Crippen molar-refractivity contribution in [3.63, 3.8) is 0 Å². The Kier molecular flexibility index (Phi) is 3.02. The van der Waals surface area contributed by atoms with Gasteiger partial charge < -0.3 is 9.53 Å². The van der Waals surface area contributed by atoms with Gasteiger partial charge in [0.15, 0.2) is 0 Å². The van der Waals surface area contributed by atoms with Crippen molar-refractivity contribution in [3.05, 3.63) is 0 Å². The van der Waals surface area contributed by atoms with E-state index in [9.17, 15) is 9.59 Å². The van der Waals surface area contributed by atoms with Gasteiger partial charge in [-0.1, -0.05) is 0 Å². The molecule has 0 spiro atoms. The van der Waals surface area contributed by atoms with Crippen molar-refractivity contribution in [1.29, 1.82) is 0 Å². The van der Waals surface area contributed by atoms with Crippen LogP contribution in [-0.2, 0) is 14.3 Å². The van der Waals surface area contributed by atoms with Crippen LogP contribution in [0, 0.1) is 5.41 Å². The Morgan fingerprint density at radius 2 is 1.58 bits per heavy atom. The predicted octanol–water partition coefficient (Wildman–Crippen LogP) is 1.55. The number of esters is 1. The number of aldehydes is 1. The maximum absolute atomic E-state index is 11.3. The molecule has 0 aromatic carbocycles. The van der Waals surface area contributed by atoms with Crippen LogP contribution in [0.25, 0.3) is 0 Å². The molecule has 0 radical (unpaired) electrons. The number of hydrogen-bond donors (Lipinski definition) is 0. The second-order valence-electron chi connectivity index (χ2n) is 4.34. The highest BCUT2D eigenvalue weighted by atomic mass is 16.6. The zero-order chi connectivity index (χ0) is 9.99. The lowest BCUT2D eigenvalue weighted by atomic mass is 9.96. The van der Waals surface area contributed by atoms with Gasteiger partial charge in [-0.05, 0) is 34.6 Å². The topological polar surface area (TPSA) is 43.4 Å². The fourth-order valence-electron chi connectivity index (χ4n) is 0.458. The highest BCUT2D eigenvalue weighted by Gasteiger charge is 2.31. The standard InChI is InChI=1S/C9H16O3/c1-8(2,3)12-7(11)9(4,5)6-10/h6H,1-5H3. The maximum atomic E-state index is 11.3. The summed E-state index contributed by atoms with van der Waals surface area (Å²) in [4.78, 5) is 21.7. The van der Waals surface area contributed by atoms with Crippen LogP contribution >= 0.6 is 0 Å². The number of ether oxygens (including phenoxy) is 1. The lowest BCUT2D eigenvalue weighted by Gasteiger charge is -2.24. The van der Waals surface area contributed by atoms with E-state index in [0.717, 1.165) is 0 Å². The van der Waals surface area contributed by atoms with Crippen LogP contribution in [-0.4, -0.2) is 17.9 Å². The monoisotopic (exact) mass is 172 g/mol. The van der Waals surface area contributed by atoms with Crippen LogP contribution in [0.15, 0.2) is 0 Å². The van der Waals surface area contributed by atoms with Gasteiger partial charge in [0.2, 0.25) is 0 Å². The zero-order valence-corrected chi connectivity index (χ0v) is 8.30. The van der Waals surface area contributed by atoms with Crippen molar-refractivity contribution in [2.24, 2.45) is 5.41 Å². The molecule has 12 heavy (non-hydrogen) atoms. The number of carbonyl (C=O) groups excluding carboxylic acids is 2. The molecular formula is C9H16O3. The van der Waals surface area contributed by atoms with E-state index >= 15 is 0 Å². The van der Waals surface area contributed by atoms with Crippen LogP contribution in [0.4, 0.5) is 0 Å². The van der Waals surface area contributed by atoms with Crippen molar-refractivity contribution in [2.45, 2.75) is 40.2 Å². The fraction of sp³-hybridized carbons (Fsp3) is 0.778. The van der Waals surface area contributed by atoms with Gasteiger partial charge in [-0.25, -0.2) is 0 Å². The summed E-state index contributed by atoms with van der Waals surface area (Å²) in [5, 5.41) is 0. The smallest absolute Gasteiger partial charge is 0.319 e. The van der Waals surface area contributed by atoms with Crippen LogP contribution in [0.1, 0.15) is 34.6 Å². The van der Waals surface area contributed by atoms with E-state index in [-0.39, 0.29) is 0 Å². The summed E-state index contributed by atoms with van der Waals surface area (Å²) in [6.45, 7) is 8.38. The van der Waals surface area contributed by atoms with Gasteiger partial charge in [0.05, 0.1) is 0 Å². The van der Waals surface area contributed by atoms with Crippen LogP contribution in [0.2, 0.25) is 0 Å². The van der Waals surface area contributed by atoms with Crippen molar-refractivity contribution in [3.8, 4) is 0 Å². The normalized spacial score (nSPS) is 12.4. The molecule has 0 saturated heterocycles. The van der Waals surface area contributed by atoms with Gasteiger partial charge in [-0.3, -0.25) is 4.79 Å². The van der Waals surface area contributed by atoms with E-state index in [0.29, 0.717) is 6.29 Å². The molecule has 0 heterocycles. The lowest BCUT2D eigenvalue weighted by molar-refractivity contribution is -0.165. The van der Waals surface area contributed by atoms with Crippen molar-refractivity contribution in [1.82, 2.24) is 0 Å². The quantitative estimate of drug-likeness (QED) is 0.360. The Bertz CT molecular complexity index is 186. The van der Waals surface area contributed by atoms with E-state index < -0.39 is 17.0 Å². The average Bonchev–Trinajstić information content (AvgIpc) is 1.84. The Balaban J connectivity index is 4.33. The fourth-order valence-corrected chi connectivity index (χ4v) is 0.458. The molecule has 0 rings (SSSR count). The average molecular weight is 172 g/mol. The third-order valence-electron chi connectivity index (χ3n) is 1.22. The van der Waals surface area contributed by atoms with Crippen molar-refractivity contribution >= 4 is 12.3 Å². The highest BCUT2D eigenvalue weighted by molar-refractivity contribution is 5.92. The van der Waals surface area contributed by atoms with Gasteiger partial charge in [-0.15, -0.1) is 0 Å². The van der Waals surface area contributed by atoms with E-state index in [4.69, 9.17) is 4.74 Å². The van der Waals surface area contributed by atoms with Crippen molar-refractivity contribution < 1.29 is 14.3 Å². The molecule has 70 valence electrons. The Morgan fingerprint density at radius 1 is 1.17 bits per heavy atom. The van der Waals surface area contributed by atoms with Gasteiger partial charge >= 0.3 is 5.97 Å². The highest BCUT2D eigenvalue weighted by Crippen LogP contribution is 2.18. The summed E-state index contributed by atoms with van der Waals surface area (Å²) < 4.78 is 5.02. The molecule has 0 N–H and O–H groups in total. The largest absolute Gasteiger partial charge is 0.459 e. The van der Waals surface area contributed by atoms with E-state index in [2.05, 4.69) is 0 Å². The number of carbonyl (C=O) groups is 2. The van der Waals surface area contributed by atoms with Gasteiger partial charge in [0.25, 0.3) is 0 Å². The molecule has 0 aliphatic rings. The molecule has 0 saturated carbocycles. The second-order valence-corrected chi connectivity index (χ2v) is 4.34. The number of hydrogen-bond acceptors (Lipinski definition) is 3. The molecule has 0 fully saturated rings. The molecule has 0 bridgehead atoms. The van der Waals surface area contributed by atoms with E-state index in [1.807, 2.05) is 0 Å². The molecule has 0 aromatic rings. The first kappa shape index (κ1) is 11.1. The molecule has 0 unspecified atom stereocenters. The summed E-state index contributed by atoms with van der Waals surface area (Å²) in [7, 11) is 0. The molecule has 0 aliphatic heterocycles. The molecule has 0 aliphatic carbocycles. The minimum Gasteiger partial charge on any atom is -0.459 e. The summed E-state index contributed by atoms with van der Waals surface area (Å²) >= 11 is 0. The molecule has 3 heteroatoms. The zero-order valence-electron chi connectivity index (χ0n) is 8.30. The summed E-state index contributed by atoms with van der Waals surface area (Å²) in [6.07, 6.45) is 0.598. The maximum Gasteiger partial charge on any atom is 0.319 e. The minimum atomic E-state index is -1.03. The van der Waals surface area contributed by atoms with Gasteiger partial charge in [0, 0.05) is 0 Å². The van der Waals surface area contributed by atoms with Gasteiger partial charge in [0.1, 0.15) is 17.3 Å². The Labute approximate surface area is 73.1 Å². The van der Waals surface area contributed by atoms with Gasteiger partial charge in [-0.2, -0.15) is 0 Å². The Morgan fingerprint density at radius 3 is 1.83 bits per heavy atom. The second kappa shape index (κ2) is 3.25. The first-order valence-corrected chi connectivity index (χ1v) is 3.89. The summed E-state index contributed by atoms with van der Waals surface area (Å²) in [5.41, 5.74) is -1.56. The van der Waals surface area contributed by atoms with Crippen LogP contribution in [0.5, 0.6) is 0 Å². The van der Waals surface area contributed by atoms with E-state index in [1.165, 1.54) is 13.8 Å². The Hall–Kier alpha value is -0.860. The molecule has 3 nitrogen and oxygen atoms in total. The molecule has 0 amide bonds. The third kappa shape index (κ3) is 3.51. The lowest BCUT2D eigenvalue weighted by Crippen LogP contribution is -2.34. The summed E-state index contributed by atoms with van der Waals surface area (Å²) in [6, 6.07) is 0. The first-order valence-electron chi connectivity index (χ1n) is 3.89. The number of rotatable bonds is 2. The molecule has 0 atom stereocenters. The van der Waals surface area contributed by atoms with E-state index in [1.54, 1.807) is 20.8 Å². The van der Waals surface area contributed by atoms with Crippen LogP contribution in [0.3, 0.4) is 0 Å². The SMILES string of the molecule is CC(C)(C)OC(=O)C(C)(C)C=O. The third-order valence-corrected chi connectivity index (χ3v) is 1.22. The summed E-state index contributed by atoms with van der Waals surface area (Å²) in [5.74, 6) is -0.481. The molecular weight excluding hydrogens is 156 g/mol. The predicted molar refractivity (Wildman–Crippen MR) is 45.7 cm³/mol. The van der Waals surface area contributed by atoms with Crippen LogP contribution < -0.4 is 0 Å². The van der Waals surface area contributed by atoms with Crippen molar-refractivity contribution in [2.75, 3.05) is 0 Å². The molecule has 0 aromatic heterocycles. The first-order chi connectivity index (χ1) is 5.19.